The Morgan fingerprint density at radius 2 is 1.88 bits per heavy atom. The molecule has 1 unspecified atom stereocenters. The highest BCUT2D eigenvalue weighted by Gasteiger charge is 2.45. The van der Waals surface area contributed by atoms with Gasteiger partial charge in [-0.05, 0) is 50.4 Å². The molecule has 0 aromatic rings. The van der Waals surface area contributed by atoms with E-state index >= 15 is 0 Å². The highest BCUT2D eigenvalue weighted by molar-refractivity contribution is 8.14. The first-order valence-corrected chi connectivity index (χ1v) is 13.1. The maximum absolute atomic E-state index is 11.8. The normalized spacial score (nSPS) is 27.2. The smallest absolute Gasteiger partial charge is 0.305 e. The van der Waals surface area contributed by atoms with Gasteiger partial charge in [-0.2, -0.15) is 0 Å². The van der Waals surface area contributed by atoms with Crippen LogP contribution < -0.4 is 0 Å². The minimum absolute atomic E-state index is 0.109. The van der Waals surface area contributed by atoms with Gasteiger partial charge in [0.25, 0.3) is 0 Å². The Labute approximate surface area is 197 Å². The van der Waals surface area contributed by atoms with Crippen LogP contribution in [0.25, 0.3) is 0 Å². The molecule has 1 aliphatic heterocycles. The second kappa shape index (κ2) is 14.4. The summed E-state index contributed by atoms with van der Waals surface area (Å²) in [5.74, 6) is -0.312. The quantitative estimate of drug-likeness (QED) is 0.217. The summed E-state index contributed by atoms with van der Waals surface area (Å²) in [6, 6.07) is 0. The van der Waals surface area contributed by atoms with E-state index in [-0.39, 0.29) is 28.2 Å². The number of thioether (sulfide) groups is 1. The molecule has 0 radical (unpaired) electrons. The van der Waals surface area contributed by atoms with Crippen LogP contribution in [0.2, 0.25) is 0 Å². The van der Waals surface area contributed by atoms with E-state index in [1.54, 1.807) is 6.92 Å². The number of carbonyl (C=O) groups excluding carboxylic acids is 2. The summed E-state index contributed by atoms with van der Waals surface area (Å²) in [6.45, 7) is 5.09. The molecule has 2 aliphatic rings. The third-order valence-corrected chi connectivity index (χ3v) is 7.88. The highest BCUT2D eigenvalue weighted by Crippen LogP contribution is 2.46. The first-order chi connectivity index (χ1) is 15.4. The van der Waals surface area contributed by atoms with Crippen molar-refractivity contribution >= 4 is 22.8 Å². The number of allylic oxidation sites excluding steroid dienone is 2. The van der Waals surface area contributed by atoms with Crippen LogP contribution in [0.5, 0.6) is 0 Å². The van der Waals surface area contributed by atoms with Gasteiger partial charge in [-0.15, -0.1) is 0 Å². The molecule has 4 atom stereocenters. The fourth-order valence-electron chi connectivity index (χ4n) is 5.01. The van der Waals surface area contributed by atoms with Gasteiger partial charge in [0.2, 0.25) is 0 Å². The lowest BCUT2D eigenvalue weighted by Crippen LogP contribution is -2.32. The zero-order valence-corrected chi connectivity index (χ0v) is 20.9. The van der Waals surface area contributed by atoms with Crippen molar-refractivity contribution in [1.82, 2.24) is 0 Å². The molecule has 2 fully saturated rings. The molecule has 2 rings (SSSR count). The Balaban J connectivity index is 1.96. The fourth-order valence-corrected chi connectivity index (χ4v) is 6.24. The number of esters is 1. The summed E-state index contributed by atoms with van der Waals surface area (Å²) < 4.78 is 16.8. The van der Waals surface area contributed by atoms with Gasteiger partial charge in [0, 0.05) is 31.4 Å². The van der Waals surface area contributed by atoms with Gasteiger partial charge in [0.1, 0.15) is 0 Å². The third kappa shape index (κ3) is 8.81. The lowest BCUT2D eigenvalue weighted by atomic mass is 9.85. The summed E-state index contributed by atoms with van der Waals surface area (Å²) in [6.07, 6.45) is 13.3. The number of hydrogen-bond acceptors (Lipinski definition) is 7. The molecule has 1 heterocycles. The fraction of sp³-hybridized carbons (Fsp3) is 0.840. The molecule has 1 saturated heterocycles. The van der Waals surface area contributed by atoms with E-state index < -0.39 is 11.9 Å². The van der Waals surface area contributed by atoms with E-state index in [1.807, 2.05) is 0 Å². The number of aliphatic hydroxyl groups is 1. The Morgan fingerprint density at radius 1 is 1.12 bits per heavy atom. The molecule has 1 saturated carbocycles. The topological polar surface area (TPSA) is 82.1 Å². The first-order valence-electron chi connectivity index (χ1n) is 12.3. The number of methoxy groups -OCH3 is 1. The number of rotatable bonds is 14. The van der Waals surface area contributed by atoms with Crippen molar-refractivity contribution in [1.29, 1.82) is 0 Å². The van der Waals surface area contributed by atoms with Gasteiger partial charge in [0.05, 0.1) is 26.4 Å². The van der Waals surface area contributed by atoms with Crippen LogP contribution in [-0.4, -0.2) is 53.7 Å². The number of aliphatic hydroxyl groups excluding tert-OH is 1. The number of hydrogen-bond donors (Lipinski definition) is 1. The average molecular weight is 471 g/mol. The second-order valence-electron chi connectivity index (χ2n) is 9.06. The lowest BCUT2D eigenvalue weighted by Gasteiger charge is -2.31. The SMILES string of the molecule is CCCCCC1(CC[C@@H]2C(C/C=C\CCCC(=O)OC)[C@@H](O)C[C@H]2SC(C)=O)OCCO1. The largest absolute Gasteiger partial charge is 0.469 e. The monoisotopic (exact) mass is 470 g/mol. The van der Waals surface area contributed by atoms with E-state index in [4.69, 9.17) is 9.47 Å². The Bertz CT molecular complexity index is 601. The van der Waals surface area contributed by atoms with Crippen LogP contribution in [0.4, 0.5) is 0 Å². The lowest BCUT2D eigenvalue weighted by molar-refractivity contribution is -0.170. The van der Waals surface area contributed by atoms with Crippen molar-refractivity contribution in [3.63, 3.8) is 0 Å². The number of ether oxygens (including phenoxy) is 3. The van der Waals surface area contributed by atoms with Gasteiger partial charge < -0.3 is 19.3 Å². The van der Waals surface area contributed by atoms with E-state index in [0.29, 0.717) is 26.1 Å². The molecule has 32 heavy (non-hydrogen) atoms. The summed E-state index contributed by atoms with van der Waals surface area (Å²) in [4.78, 5) is 23.1. The van der Waals surface area contributed by atoms with Crippen molar-refractivity contribution in [3.8, 4) is 0 Å². The van der Waals surface area contributed by atoms with E-state index in [1.165, 1.54) is 25.3 Å². The van der Waals surface area contributed by atoms with Crippen molar-refractivity contribution < 1.29 is 28.9 Å². The predicted molar refractivity (Wildman–Crippen MR) is 127 cm³/mol. The molecule has 1 N–H and O–H groups in total. The Morgan fingerprint density at radius 3 is 2.53 bits per heavy atom. The third-order valence-electron chi connectivity index (χ3n) is 6.70. The van der Waals surface area contributed by atoms with Crippen LogP contribution in [-0.2, 0) is 23.8 Å². The molecular formula is C25H42O6S. The predicted octanol–water partition coefficient (Wildman–Crippen LogP) is 5.02. The molecule has 184 valence electrons. The first kappa shape index (κ1) is 27.4. The van der Waals surface area contributed by atoms with Crippen LogP contribution >= 0.6 is 11.8 Å². The summed E-state index contributed by atoms with van der Waals surface area (Å²) in [5, 5.41) is 11.0. The van der Waals surface area contributed by atoms with E-state index in [9.17, 15) is 14.7 Å². The standard InChI is InChI=1S/C25H42O6S/c1-4-5-10-14-25(30-16-17-31-25)15-13-21-20(22(27)18-23(21)32-19(2)26)11-8-6-7-9-12-24(28)29-3/h6,8,20-23,27H,4-5,7,9-18H2,1-3H3/b8-6-/t20?,21-,22+,23-/m1/s1. The van der Waals surface area contributed by atoms with Crippen LogP contribution in [0, 0.1) is 11.8 Å². The molecule has 7 heteroatoms. The van der Waals surface area contributed by atoms with Crippen molar-refractivity contribution in [2.75, 3.05) is 20.3 Å². The molecule has 0 aromatic heterocycles. The second-order valence-corrected chi connectivity index (χ2v) is 10.5. The van der Waals surface area contributed by atoms with Crippen molar-refractivity contribution in [2.45, 2.75) is 102 Å². The van der Waals surface area contributed by atoms with Crippen LogP contribution in [0.3, 0.4) is 0 Å². The molecule has 0 bridgehead atoms. The van der Waals surface area contributed by atoms with Gasteiger partial charge in [-0.1, -0.05) is 43.7 Å². The summed E-state index contributed by atoms with van der Waals surface area (Å²) in [7, 11) is 1.41. The van der Waals surface area contributed by atoms with Gasteiger partial charge in [-0.25, -0.2) is 0 Å². The van der Waals surface area contributed by atoms with Gasteiger partial charge in [0.15, 0.2) is 10.9 Å². The highest BCUT2D eigenvalue weighted by atomic mass is 32.2. The minimum Gasteiger partial charge on any atom is -0.469 e. The maximum atomic E-state index is 11.8. The molecule has 6 nitrogen and oxygen atoms in total. The van der Waals surface area contributed by atoms with Crippen LogP contribution in [0.1, 0.15) is 84.5 Å². The van der Waals surface area contributed by atoms with Gasteiger partial charge in [-0.3, -0.25) is 9.59 Å². The Hall–Kier alpha value is -0.890. The molecule has 0 aromatic carbocycles. The Kier molecular flexibility index (Phi) is 12.3. The number of unbranched alkanes of at least 4 members (excludes halogenated alkanes) is 3. The van der Waals surface area contributed by atoms with E-state index in [0.717, 1.165) is 51.4 Å². The molecule has 0 amide bonds. The molecule has 0 spiro atoms. The van der Waals surface area contributed by atoms with Gasteiger partial charge >= 0.3 is 5.97 Å². The van der Waals surface area contributed by atoms with Crippen molar-refractivity contribution in [2.24, 2.45) is 11.8 Å². The van der Waals surface area contributed by atoms with Crippen molar-refractivity contribution in [3.05, 3.63) is 12.2 Å². The average Bonchev–Trinajstić information content (AvgIpc) is 3.33. The summed E-state index contributed by atoms with van der Waals surface area (Å²) >= 11 is 1.38. The van der Waals surface area contributed by atoms with E-state index in [2.05, 4.69) is 23.8 Å². The summed E-state index contributed by atoms with van der Waals surface area (Å²) in [5.41, 5.74) is 0. The minimum atomic E-state index is -0.498. The zero-order valence-electron chi connectivity index (χ0n) is 20.1. The maximum Gasteiger partial charge on any atom is 0.305 e. The molecular weight excluding hydrogens is 428 g/mol. The van der Waals surface area contributed by atoms with Crippen LogP contribution in [0.15, 0.2) is 12.2 Å². The zero-order chi connectivity index (χ0) is 23.4. The molecule has 1 aliphatic carbocycles. The number of carbonyl (C=O) groups is 2.